The fourth-order valence-electron chi connectivity index (χ4n) is 1.17. The predicted molar refractivity (Wildman–Crippen MR) is 42.9 cm³/mol. The molecule has 0 saturated carbocycles. The summed E-state index contributed by atoms with van der Waals surface area (Å²) in [5, 5.41) is 0. The maximum absolute atomic E-state index is 5.06. The van der Waals surface area contributed by atoms with Crippen LogP contribution in [0.25, 0.3) is 0 Å². The van der Waals surface area contributed by atoms with Gasteiger partial charge in [-0.05, 0) is 13.3 Å². The summed E-state index contributed by atoms with van der Waals surface area (Å²) >= 11 is 0. The molecule has 0 radical (unpaired) electrons. The highest BCUT2D eigenvalue weighted by Gasteiger charge is 2.07. The van der Waals surface area contributed by atoms with Gasteiger partial charge in [0.2, 0.25) is 0 Å². The molecule has 1 aliphatic carbocycles. The number of hydrogen-bond donors (Lipinski definition) is 0. The Labute approximate surface area is 62.4 Å². The van der Waals surface area contributed by atoms with Gasteiger partial charge < -0.3 is 4.74 Å². The highest BCUT2D eigenvalue weighted by Crippen LogP contribution is 2.17. The Morgan fingerprint density at radius 2 is 2.50 bits per heavy atom. The lowest BCUT2D eigenvalue weighted by atomic mass is 9.96. The van der Waals surface area contributed by atoms with Crippen LogP contribution in [0.5, 0.6) is 0 Å². The van der Waals surface area contributed by atoms with Crippen LogP contribution >= 0.6 is 0 Å². The van der Waals surface area contributed by atoms with Crippen LogP contribution in [0.4, 0.5) is 0 Å². The Bertz CT molecular complexity index is 156. The van der Waals surface area contributed by atoms with Crippen molar-refractivity contribution in [3.8, 4) is 0 Å². The molecule has 0 spiro atoms. The third kappa shape index (κ3) is 1.71. The van der Waals surface area contributed by atoms with Gasteiger partial charge in [0.1, 0.15) is 0 Å². The van der Waals surface area contributed by atoms with Crippen LogP contribution in [0.2, 0.25) is 0 Å². The molecule has 1 atom stereocenters. The van der Waals surface area contributed by atoms with Crippen molar-refractivity contribution in [2.24, 2.45) is 5.92 Å². The Hall–Kier alpha value is -0.560. The summed E-state index contributed by atoms with van der Waals surface area (Å²) in [6, 6.07) is 0. The number of rotatable bonds is 2. The quantitative estimate of drug-likeness (QED) is 0.531. The standard InChI is InChI=1S/C9H14O/c1-8-5-3-4-6-9(8)7-10-2/h4-6,9H,3,7H2,1-2H3. The second-order valence-electron chi connectivity index (χ2n) is 2.67. The van der Waals surface area contributed by atoms with Crippen LogP contribution in [0, 0.1) is 5.92 Å². The van der Waals surface area contributed by atoms with Crippen LogP contribution < -0.4 is 0 Å². The molecule has 1 nitrogen and oxygen atoms in total. The van der Waals surface area contributed by atoms with E-state index in [1.165, 1.54) is 5.57 Å². The summed E-state index contributed by atoms with van der Waals surface area (Å²) < 4.78 is 5.06. The first-order valence-corrected chi connectivity index (χ1v) is 3.67. The average molecular weight is 138 g/mol. The summed E-state index contributed by atoms with van der Waals surface area (Å²) in [4.78, 5) is 0. The second kappa shape index (κ2) is 3.57. The van der Waals surface area contributed by atoms with E-state index < -0.39 is 0 Å². The van der Waals surface area contributed by atoms with Gasteiger partial charge >= 0.3 is 0 Å². The number of methoxy groups -OCH3 is 1. The van der Waals surface area contributed by atoms with Gasteiger partial charge in [-0.2, -0.15) is 0 Å². The Morgan fingerprint density at radius 3 is 3.10 bits per heavy atom. The zero-order chi connectivity index (χ0) is 7.40. The van der Waals surface area contributed by atoms with Crippen molar-refractivity contribution < 1.29 is 4.74 Å². The molecule has 1 aliphatic rings. The molecule has 0 heterocycles. The molecule has 56 valence electrons. The van der Waals surface area contributed by atoms with Crippen LogP contribution in [0.1, 0.15) is 13.3 Å². The molecule has 0 aromatic heterocycles. The first kappa shape index (κ1) is 7.55. The van der Waals surface area contributed by atoms with Gasteiger partial charge in [-0.3, -0.25) is 0 Å². The molecule has 0 aromatic rings. The van der Waals surface area contributed by atoms with E-state index in [2.05, 4.69) is 25.2 Å². The largest absolute Gasteiger partial charge is 0.384 e. The summed E-state index contributed by atoms with van der Waals surface area (Å²) in [5.41, 5.74) is 1.43. The summed E-state index contributed by atoms with van der Waals surface area (Å²) in [7, 11) is 1.75. The lowest BCUT2D eigenvalue weighted by Crippen LogP contribution is -2.08. The van der Waals surface area contributed by atoms with E-state index in [1.807, 2.05) is 0 Å². The molecule has 1 heteroatoms. The lowest BCUT2D eigenvalue weighted by Gasteiger charge is -2.15. The molecule has 0 fully saturated rings. The van der Waals surface area contributed by atoms with Crippen LogP contribution in [0.3, 0.4) is 0 Å². The van der Waals surface area contributed by atoms with Gasteiger partial charge in [0.15, 0.2) is 0 Å². The predicted octanol–water partition coefficient (Wildman–Crippen LogP) is 2.16. The molecule has 10 heavy (non-hydrogen) atoms. The SMILES string of the molecule is COCC1C=CCC=C1C. The van der Waals surface area contributed by atoms with Crippen molar-refractivity contribution in [3.05, 3.63) is 23.8 Å². The topological polar surface area (TPSA) is 9.23 Å². The molecule has 0 aliphatic heterocycles. The minimum atomic E-state index is 0.527. The van der Waals surface area contributed by atoms with Crippen molar-refractivity contribution in [2.45, 2.75) is 13.3 Å². The van der Waals surface area contributed by atoms with Crippen LogP contribution in [-0.4, -0.2) is 13.7 Å². The minimum absolute atomic E-state index is 0.527. The third-order valence-corrected chi connectivity index (χ3v) is 1.88. The Kier molecular flexibility index (Phi) is 2.69. The van der Waals surface area contributed by atoms with Crippen LogP contribution in [0.15, 0.2) is 23.8 Å². The molecule has 0 bridgehead atoms. The summed E-state index contributed by atoms with van der Waals surface area (Å²) in [5.74, 6) is 0.527. The van der Waals surface area contributed by atoms with E-state index in [9.17, 15) is 0 Å². The van der Waals surface area contributed by atoms with Gasteiger partial charge in [0.05, 0.1) is 6.61 Å². The highest BCUT2D eigenvalue weighted by molar-refractivity contribution is 5.17. The molecule has 0 amide bonds. The maximum Gasteiger partial charge on any atom is 0.0562 e. The monoisotopic (exact) mass is 138 g/mol. The van der Waals surface area contributed by atoms with E-state index >= 15 is 0 Å². The Morgan fingerprint density at radius 1 is 1.70 bits per heavy atom. The molecule has 0 N–H and O–H groups in total. The van der Waals surface area contributed by atoms with Gasteiger partial charge in [-0.15, -0.1) is 0 Å². The number of allylic oxidation sites excluding steroid dienone is 2. The van der Waals surface area contributed by atoms with Gasteiger partial charge in [-0.1, -0.05) is 23.8 Å². The highest BCUT2D eigenvalue weighted by atomic mass is 16.5. The maximum atomic E-state index is 5.06. The molecular formula is C9H14O. The number of hydrogen-bond acceptors (Lipinski definition) is 1. The van der Waals surface area contributed by atoms with E-state index in [4.69, 9.17) is 4.74 Å². The van der Waals surface area contributed by atoms with Gasteiger partial charge in [0, 0.05) is 13.0 Å². The fraction of sp³-hybridized carbons (Fsp3) is 0.556. The second-order valence-corrected chi connectivity index (χ2v) is 2.67. The summed E-state index contributed by atoms with van der Waals surface area (Å²) in [6.07, 6.45) is 7.76. The van der Waals surface area contributed by atoms with Crippen molar-refractivity contribution in [3.63, 3.8) is 0 Å². The molecule has 0 saturated heterocycles. The van der Waals surface area contributed by atoms with Gasteiger partial charge in [0.25, 0.3) is 0 Å². The minimum Gasteiger partial charge on any atom is -0.384 e. The van der Waals surface area contributed by atoms with E-state index in [1.54, 1.807) is 7.11 Å². The first-order valence-electron chi connectivity index (χ1n) is 3.67. The van der Waals surface area contributed by atoms with Gasteiger partial charge in [-0.25, -0.2) is 0 Å². The Balaban J connectivity index is 2.48. The molecule has 1 unspecified atom stereocenters. The van der Waals surface area contributed by atoms with E-state index in [-0.39, 0.29) is 0 Å². The van der Waals surface area contributed by atoms with Crippen molar-refractivity contribution in [2.75, 3.05) is 13.7 Å². The average Bonchev–Trinajstić information content (AvgIpc) is 1.94. The van der Waals surface area contributed by atoms with Crippen molar-refractivity contribution >= 4 is 0 Å². The lowest BCUT2D eigenvalue weighted by molar-refractivity contribution is 0.180. The third-order valence-electron chi connectivity index (χ3n) is 1.88. The molecule has 0 aromatic carbocycles. The number of ether oxygens (including phenoxy) is 1. The molecular weight excluding hydrogens is 124 g/mol. The van der Waals surface area contributed by atoms with Crippen LogP contribution in [-0.2, 0) is 4.74 Å². The first-order chi connectivity index (χ1) is 4.84. The summed E-state index contributed by atoms with van der Waals surface area (Å²) in [6.45, 7) is 2.98. The van der Waals surface area contributed by atoms with E-state index in [0.29, 0.717) is 5.92 Å². The van der Waals surface area contributed by atoms with Crippen molar-refractivity contribution in [1.29, 1.82) is 0 Å². The zero-order valence-electron chi connectivity index (χ0n) is 6.63. The van der Waals surface area contributed by atoms with Crippen molar-refractivity contribution in [1.82, 2.24) is 0 Å². The molecule has 1 rings (SSSR count). The zero-order valence-corrected chi connectivity index (χ0v) is 6.63. The smallest absolute Gasteiger partial charge is 0.0562 e. The fourth-order valence-corrected chi connectivity index (χ4v) is 1.17. The normalized spacial score (nSPS) is 24.6. The van der Waals surface area contributed by atoms with E-state index in [0.717, 1.165) is 13.0 Å².